The van der Waals surface area contributed by atoms with E-state index in [0.717, 1.165) is 6.42 Å². The fourth-order valence-electron chi connectivity index (χ4n) is 2.53. The van der Waals surface area contributed by atoms with Gasteiger partial charge in [0.1, 0.15) is 0 Å². The van der Waals surface area contributed by atoms with Crippen LogP contribution in [0.3, 0.4) is 0 Å². The van der Waals surface area contributed by atoms with Gasteiger partial charge < -0.3 is 11.1 Å². The summed E-state index contributed by atoms with van der Waals surface area (Å²) in [6.07, 6.45) is 2.21. The minimum atomic E-state index is -0.106. The maximum Gasteiger partial charge on any atom is 0.253 e. The molecule has 3 atom stereocenters. The molecule has 1 aromatic rings. The summed E-state index contributed by atoms with van der Waals surface area (Å²) < 4.78 is 0. The van der Waals surface area contributed by atoms with Crippen molar-refractivity contribution in [2.75, 3.05) is 5.73 Å². The maximum absolute atomic E-state index is 12.1. The third-order valence-corrected chi connectivity index (χ3v) is 4.33. The van der Waals surface area contributed by atoms with Crippen molar-refractivity contribution in [1.82, 2.24) is 5.32 Å². The Kier molecular flexibility index (Phi) is 3.81. The Morgan fingerprint density at radius 3 is 2.67 bits per heavy atom. The predicted molar refractivity (Wildman–Crippen MR) is 74.7 cm³/mol. The number of amides is 1. The Morgan fingerprint density at radius 1 is 1.39 bits per heavy atom. The lowest BCUT2D eigenvalue weighted by Gasteiger charge is -2.20. The van der Waals surface area contributed by atoms with Crippen LogP contribution in [-0.4, -0.2) is 11.9 Å². The summed E-state index contributed by atoms with van der Waals surface area (Å²) in [5, 5.41) is 3.48. The molecule has 0 aliphatic heterocycles. The van der Waals surface area contributed by atoms with Gasteiger partial charge in [0.2, 0.25) is 0 Å². The first-order chi connectivity index (χ1) is 8.49. The van der Waals surface area contributed by atoms with Crippen LogP contribution in [-0.2, 0) is 0 Å². The lowest BCUT2D eigenvalue weighted by Crippen LogP contribution is -2.37. The Balaban J connectivity index is 2.08. The van der Waals surface area contributed by atoms with Gasteiger partial charge in [-0.3, -0.25) is 4.79 Å². The zero-order valence-corrected chi connectivity index (χ0v) is 11.5. The number of carbonyl (C=O) groups excluding carboxylic acids is 1. The highest BCUT2D eigenvalue weighted by Crippen LogP contribution is 2.31. The number of carbonyl (C=O) groups is 1. The van der Waals surface area contributed by atoms with E-state index in [1.165, 1.54) is 6.42 Å². The van der Waals surface area contributed by atoms with Crippen LogP contribution in [0.2, 0.25) is 5.02 Å². The van der Waals surface area contributed by atoms with Crippen LogP contribution in [0.15, 0.2) is 18.2 Å². The van der Waals surface area contributed by atoms with E-state index in [1.54, 1.807) is 18.2 Å². The molecule has 0 heterocycles. The van der Waals surface area contributed by atoms with Gasteiger partial charge >= 0.3 is 0 Å². The fourth-order valence-corrected chi connectivity index (χ4v) is 2.80. The summed E-state index contributed by atoms with van der Waals surface area (Å²) in [4.78, 5) is 12.1. The highest BCUT2D eigenvalue weighted by atomic mass is 35.5. The molecule has 1 aliphatic rings. The van der Waals surface area contributed by atoms with Gasteiger partial charge in [-0.1, -0.05) is 25.4 Å². The average molecular weight is 267 g/mol. The quantitative estimate of drug-likeness (QED) is 0.809. The number of hydrogen-bond acceptors (Lipinski definition) is 2. The normalized spacial score (nSPS) is 27.2. The molecule has 0 saturated heterocycles. The molecule has 0 spiro atoms. The Bertz CT molecular complexity index is 461. The van der Waals surface area contributed by atoms with E-state index in [2.05, 4.69) is 19.2 Å². The summed E-state index contributed by atoms with van der Waals surface area (Å²) in [6, 6.07) is 5.23. The highest BCUT2D eigenvalue weighted by molar-refractivity contribution is 6.34. The second kappa shape index (κ2) is 5.19. The van der Waals surface area contributed by atoms with Crippen LogP contribution in [0.4, 0.5) is 5.69 Å². The number of rotatable bonds is 2. The summed E-state index contributed by atoms with van der Waals surface area (Å²) in [5.74, 6) is 1.07. The van der Waals surface area contributed by atoms with Crippen molar-refractivity contribution in [1.29, 1.82) is 0 Å². The van der Waals surface area contributed by atoms with Gasteiger partial charge in [0.15, 0.2) is 0 Å². The predicted octanol–water partition coefficient (Wildman–Crippen LogP) is 3.09. The summed E-state index contributed by atoms with van der Waals surface area (Å²) >= 11 is 6.03. The molecule has 0 aromatic heterocycles. The Morgan fingerprint density at radius 2 is 2.11 bits per heavy atom. The molecule has 1 saturated carbocycles. The van der Waals surface area contributed by atoms with Crippen LogP contribution in [0.1, 0.15) is 37.0 Å². The van der Waals surface area contributed by atoms with Crippen molar-refractivity contribution in [2.45, 2.75) is 32.7 Å². The first kappa shape index (κ1) is 13.2. The van der Waals surface area contributed by atoms with Gasteiger partial charge in [-0.2, -0.15) is 0 Å². The first-order valence-electron chi connectivity index (χ1n) is 6.35. The van der Waals surface area contributed by atoms with E-state index in [9.17, 15) is 4.79 Å². The lowest BCUT2D eigenvalue weighted by molar-refractivity contribution is 0.0927. The molecule has 3 nitrogen and oxygen atoms in total. The summed E-state index contributed by atoms with van der Waals surface area (Å²) in [7, 11) is 0. The molecular formula is C14H19ClN2O. The van der Waals surface area contributed by atoms with E-state index in [1.807, 2.05) is 0 Å². The molecule has 2 rings (SSSR count). The minimum Gasteiger partial charge on any atom is -0.399 e. The van der Waals surface area contributed by atoms with Gasteiger partial charge in [0, 0.05) is 11.7 Å². The zero-order valence-electron chi connectivity index (χ0n) is 10.7. The molecule has 4 heteroatoms. The van der Waals surface area contributed by atoms with E-state index in [-0.39, 0.29) is 11.9 Å². The van der Waals surface area contributed by atoms with Gasteiger partial charge in [0.05, 0.1) is 10.6 Å². The largest absolute Gasteiger partial charge is 0.399 e. The number of nitrogens with one attached hydrogen (secondary N) is 1. The Labute approximate surface area is 113 Å². The highest BCUT2D eigenvalue weighted by Gasteiger charge is 2.31. The SMILES string of the molecule is CC1CCC(NC(=O)c2ccc(N)cc2Cl)C1C. The fraction of sp³-hybridized carbons (Fsp3) is 0.500. The van der Waals surface area contributed by atoms with E-state index < -0.39 is 0 Å². The van der Waals surface area contributed by atoms with Crippen molar-refractivity contribution in [2.24, 2.45) is 11.8 Å². The standard InChI is InChI=1S/C14H19ClN2O/c1-8-3-6-13(9(8)2)17-14(18)11-5-4-10(16)7-12(11)15/h4-5,7-9,13H,3,6,16H2,1-2H3,(H,17,18). The number of benzene rings is 1. The van der Waals surface area contributed by atoms with Crippen molar-refractivity contribution >= 4 is 23.2 Å². The molecule has 98 valence electrons. The van der Waals surface area contributed by atoms with Gasteiger partial charge in [-0.25, -0.2) is 0 Å². The first-order valence-corrected chi connectivity index (χ1v) is 6.72. The molecule has 1 fully saturated rings. The Hall–Kier alpha value is -1.22. The molecule has 1 aromatic carbocycles. The summed E-state index contributed by atoms with van der Waals surface area (Å²) in [5.41, 5.74) is 6.68. The number of nitrogens with two attached hydrogens (primary N) is 1. The molecule has 1 aliphatic carbocycles. The van der Waals surface area contributed by atoms with E-state index in [4.69, 9.17) is 17.3 Å². The van der Waals surface area contributed by atoms with Crippen molar-refractivity contribution < 1.29 is 4.79 Å². The zero-order chi connectivity index (χ0) is 13.3. The van der Waals surface area contributed by atoms with E-state index >= 15 is 0 Å². The van der Waals surface area contributed by atoms with Crippen LogP contribution in [0.25, 0.3) is 0 Å². The maximum atomic E-state index is 12.1. The molecular weight excluding hydrogens is 248 g/mol. The summed E-state index contributed by atoms with van der Waals surface area (Å²) in [6.45, 7) is 4.42. The van der Waals surface area contributed by atoms with Gasteiger partial charge in [0.25, 0.3) is 5.91 Å². The van der Waals surface area contributed by atoms with Crippen LogP contribution in [0, 0.1) is 11.8 Å². The van der Waals surface area contributed by atoms with Crippen molar-refractivity contribution in [3.05, 3.63) is 28.8 Å². The smallest absolute Gasteiger partial charge is 0.253 e. The van der Waals surface area contributed by atoms with Gasteiger partial charge in [-0.15, -0.1) is 0 Å². The molecule has 3 unspecified atom stereocenters. The number of anilines is 1. The second-order valence-electron chi connectivity index (χ2n) is 5.23. The van der Waals surface area contributed by atoms with Crippen molar-refractivity contribution in [3.8, 4) is 0 Å². The number of nitrogen functional groups attached to an aromatic ring is 1. The topological polar surface area (TPSA) is 55.1 Å². The monoisotopic (exact) mass is 266 g/mol. The average Bonchev–Trinajstić information content (AvgIpc) is 2.61. The molecule has 3 N–H and O–H groups in total. The molecule has 0 radical (unpaired) electrons. The van der Waals surface area contributed by atoms with Crippen molar-refractivity contribution in [3.63, 3.8) is 0 Å². The number of halogens is 1. The van der Waals surface area contributed by atoms with Crippen LogP contribution in [0.5, 0.6) is 0 Å². The third-order valence-electron chi connectivity index (χ3n) is 4.02. The molecule has 18 heavy (non-hydrogen) atoms. The van der Waals surface area contributed by atoms with Gasteiger partial charge in [-0.05, 0) is 42.9 Å². The second-order valence-corrected chi connectivity index (χ2v) is 5.64. The lowest BCUT2D eigenvalue weighted by atomic mass is 9.97. The third kappa shape index (κ3) is 2.61. The minimum absolute atomic E-state index is 0.106. The van der Waals surface area contributed by atoms with Crippen LogP contribution >= 0.6 is 11.6 Å². The molecule has 0 bridgehead atoms. The van der Waals surface area contributed by atoms with E-state index in [0.29, 0.717) is 28.1 Å². The van der Waals surface area contributed by atoms with Crippen LogP contribution < -0.4 is 11.1 Å². The molecule has 1 amide bonds. The number of hydrogen-bond donors (Lipinski definition) is 2.